The minimum Gasteiger partial charge on any atom is -0.392 e. The molecule has 0 bridgehead atoms. The molecule has 18 heavy (non-hydrogen) atoms. The number of hydrogen-bond acceptors (Lipinski definition) is 3. The van der Waals surface area contributed by atoms with E-state index in [0.717, 1.165) is 23.3 Å². The molecule has 0 spiro atoms. The first-order valence-electron chi connectivity index (χ1n) is 6.39. The zero-order chi connectivity index (χ0) is 13.5. The molecule has 0 radical (unpaired) electrons. The minimum atomic E-state index is -0.925. The van der Waals surface area contributed by atoms with Crippen LogP contribution in [0.5, 0.6) is 0 Å². The number of hydrogen-bond donors (Lipinski definition) is 2. The Morgan fingerprint density at radius 1 is 1.33 bits per heavy atom. The molecule has 0 aliphatic carbocycles. The Kier molecular flexibility index (Phi) is 6.54. The van der Waals surface area contributed by atoms with Gasteiger partial charge in [-0.05, 0) is 31.0 Å². The van der Waals surface area contributed by atoms with E-state index in [1.807, 2.05) is 24.3 Å². The first-order valence-corrected chi connectivity index (χ1v) is 7.95. The van der Waals surface area contributed by atoms with Crippen molar-refractivity contribution in [3.63, 3.8) is 0 Å². The van der Waals surface area contributed by atoms with Gasteiger partial charge in [-0.1, -0.05) is 25.5 Å². The molecule has 0 aromatic heterocycles. The van der Waals surface area contributed by atoms with Crippen molar-refractivity contribution in [3.8, 4) is 0 Å². The van der Waals surface area contributed by atoms with Crippen LogP contribution in [0.15, 0.2) is 29.2 Å². The van der Waals surface area contributed by atoms with Gasteiger partial charge in [-0.3, -0.25) is 4.21 Å². The number of benzene rings is 1. The van der Waals surface area contributed by atoms with E-state index in [-0.39, 0.29) is 12.1 Å². The molecule has 0 aliphatic heterocycles. The second-order valence-corrected chi connectivity index (χ2v) is 5.98. The fourth-order valence-electron chi connectivity index (χ4n) is 1.81. The second kappa shape index (κ2) is 7.67. The predicted octanol–water partition coefficient (Wildman–Crippen LogP) is 2.24. The van der Waals surface area contributed by atoms with Gasteiger partial charge in [-0.15, -0.1) is 0 Å². The largest absolute Gasteiger partial charge is 0.392 e. The molecule has 0 aliphatic rings. The molecule has 0 heterocycles. The molecule has 1 aromatic carbocycles. The van der Waals surface area contributed by atoms with Crippen molar-refractivity contribution in [3.05, 3.63) is 29.8 Å². The highest BCUT2D eigenvalue weighted by molar-refractivity contribution is 7.84. The van der Waals surface area contributed by atoms with Gasteiger partial charge < -0.3 is 10.4 Å². The van der Waals surface area contributed by atoms with Gasteiger partial charge in [0.1, 0.15) is 0 Å². The normalized spacial score (nSPS) is 16.2. The zero-order valence-electron chi connectivity index (χ0n) is 11.3. The molecule has 102 valence electrons. The maximum absolute atomic E-state index is 11.3. The monoisotopic (exact) mass is 269 g/mol. The van der Waals surface area contributed by atoms with Crippen molar-refractivity contribution in [2.75, 3.05) is 12.8 Å². The fourth-order valence-corrected chi connectivity index (χ4v) is 2.33. The average molecular weight is 269 g/mol. The summed E-state index contributed by atoms with van der Waals surface area (Å²) in [5, 5.41) is 13.0. The van der Waals surface area contributed by atoms with Crippen LogP contribution in [0.1, 0.15) is 38.3 Å². The van der Waals surface area contributed by atoms with Crippen LogP contribution in [-0.2, 0) is 10.8 Å². The van der Waals surface area contributed by atoms with Gasteiger partial charge in [0.05, 0.1) is 6.10 Å². The maximum Gasteiger partial charge on any atom is 0.0664 e. The van der Waals surface area contributed by atoms with Crippen LogP contribution in [0.3, 0.4) is 0 Å². The van der Waals surface area contributed by atoms with Crippen LogP contribution < -0.4 is 5.32 Å². The molecule has 3 atom stereocenters. The Balaban J connectivity index is 2.51. The Hall–Kier alpha value is -0.710. The molecular weight excluding hydrogens is 246 g/mol. The lowest BCUT2D eigenvalue weighted by molar-refractivity contribution is 0.157. The van der Waals surface area contributed by atoms with Crippen LogP contribution in [0, 0.1) is 0 Å². The SMILES string of the molecule is CCCC(O)CNC(C)c1ccc(S(C)=O)cc1. The van der Waals surface area contributed by atoms with Crippen LogP contribution in [-0.4, -0.2) is 28.2 Å². The lowest BCUT2D eigenvalue weighted by Crippen LogP contribution is -2.28. The Bertz CT molecular complexity index is 378. The number of aliphatic hydroxyl groups is 1. The van der Waals surface area contributed by atoms with Gasteiger partial charge in [0.2, 0.25) is 0 Å². The molecule has 0 amide bonds. The molecule has 1 aromatic rings. The van der Waals surface area contributed by atoms with Gasteiger partial charge in [0, 0.05) is 34.5 Å². The lowest BCUT2D eigenvalue weighted by Gasteiger charge is -2.17. The quantitative estimate of drug-likeness (QED) is 0.798. The summed E-state index contributed by atoms with van der Waals surface area (Å²) in [4.78, 5) is 0.844. The van der Waals surface area contributed by atoms with Crippen LogP contribution in [0.4, 0.5) is 0 Å². The van der Waals surface area contributed by atoms with Crippen molar-refractivity contribution < 1.29 is 9.32 Å². The van der Waals surface area contributed by atoms with Crippen molar-refractivity contribution in [1.82, 2.24) is 5.32 Å². The highest BCUT2D eigenvalue weighted by atomic mass is 32.2. The van der Waals surface area contributed by atoms with E-state index in [9.17, 15) is 9.32 Å². The lowest BCUT2D eigenvalue weighted by atomic mass is 10.1. The molecule has 1 rings (SSSR count). The molecule has 0 saturated heterocycles. The number of nitrogens with one attached hydrogen (secondary N) is 1. The van der Waals surface area contributed by atoms with Crippen molar-refractivity contribution in [2.45, 2.75) is 43.7 Å². The zero-order valence-corrected chi connectivity index (χ0v) is 12.2. The summed E-state index contributed by atoms with van der Waals surface area (Å²) in [7, 11) is -0.925. The topological polar surface area (TPSA) is 49.3 Å². The first kappa shape index (κ1) is 15.3. The van der Waals surface area contributed by atoms with E-state index in [1.54, 1.807) is 6.26 Å². The summed E-state index contributed by atoms with van der Waals surface area (Å²) in [5.41, 5.74) is 1.15. The van der Waals surface area contributed by atoms with Crippen LogP contribution >= 0.6 is 0 Å². The van der Waals surface area contributed by atoms with Crippen LogP contribution in [0.25, 0.3) is 0 Å². The van der Waals surface area contributed by atoms with E-state index >= 15 is 0 Å². The van der Waals surface area contributed by atoms with E-state index in [1.165, 1.54) is 0 Å². The van der Waals surface area contributed by atoms with Gasteiger partial charge in [-0.25, -0.2) is 0 Å². The Labute approximate surface area is 112 Å². The van der Waals surface area contributed by atoms with Gasteiger partial charge in [0.15, 0.2) is 0 Å². The highest BCUT2D eigenvalue weighted by Gasteiger charge is 2.08. The smallest absolute Gasteiger partial charge is 0.0664 e. The minimum absolute atomic E-state index is 0.191. The summed E-state index contributed by atoms with van der Waals surface area (Å²) in [6, 6.07) is 7.95. The summed E-state index contributed by atoms with van der Waals surface area (Å²) in [6.45, 7) is 4.74. The molecule has 3 nitrogen and oxygen atoms in total. The first-order chi connectivity index (χ1) is 8.54. The highest BCUT2D eigenvalue weighted by Crippen LogP contribution is 2.15. The van der Waals surface area contributed by atoms with E-state index in [0.29, 0.717) is 6.54 Å². The average Bonchev–Trinajstić information content (AvgIpc) is 2.36. The van der Waals surface area contributed by atoms with Crippen LogP contribution in [0.2, 0.25) is 0 Å². The third-order valence-corrected chi connectivity index (χ3v) is 3.93. The van der Waals surface area contributed by atoms with Gasteiger partial charge >= 0.3 is 0 Å². The van der Waals surface area contributed by atoms with Gasteiger partial charge in [0.25, 0.3) is 0 Å². The maximum atomic E-state index is 11.3. The third-order valence-electron chi connectivity index (χ3n) is 2.99. The summed E-state index contributed by atoms with van der Waals surface area (Å²) in [6.07, 6.45) is 3.22. The molecule has 0 saturated carbocycles. The van der Waals surface area contributed by atoms with Crippen molar-refractivity contribution in [2.24, 2.45) is 0 Å². The molecule has 0 fully saturated rings. The fraction of sp³-hybridized carbons (Fsp3) is 0.571. The molecule has 2 N–H and O–H groups in total. The Morgan fingerprint density at radius 3 is 2.44 bits per heavy atom. The predicted molar refractivity (Wildman–Crippen MR) is 76.1 cm³/mol. The van der Waals surface area contributed by atoms with Gasteiger partial charge in [-0.2, -0.15) is 0 Å². The standard InChI is InChI=1S/C14H23NO2S/c1-4-5-13(16)10-15-11(2)12-6-8-14(9-7-12)18(3)17/h6-9,11,13,15-16H,4-5,10H2,1-3H3. The summed E-state index contributed by atoms with van der Waals surface area (Å²) >= 11 is 0. The summed E-state index contributed by atoms with van der Waals surface area (Å²) < 4.78 is 11.3. The Morgan fingerprint density at radius 2 is 1.94 bits per heavy atom. The molecule has 4 heteroatoms. The molecular formula is C14H23NO2S. The van der Waals surface area contributed by atoms with Crippen molar-refractivity contribution >= 4 is 10.8 Å². The molecule has 3 unspecified atom stereocenters. The number of rotatable bonds is 7. The van der Waals surface area contributed by atoms with Crippen molar-refractivity contribution in [1.29, 1.82) is 0 Å². The van der Waals surface area contributed by atoms with E-state index < -0.39 is 10.8 Å². The second-order valence-electron chi connectivity index (χ2n) is 4.60. The van der Waals surface area contributed by atoms with E-state index in [4.69, 9.17) is 0 Å². The third kappa shape index (κ3) is 4.88. The number of aliphatic hydroxyl groups excluding tert-OH is 1. The summed E-state index contributed by atoms with van der Waals surface area (Å²) in [5.74, 6) is 0. The van der Waals surface area contributed by atoms with E-state index in [2.05, 4.69) is 19.2 Å².